The zero-order chi connectivity index (χ0) is 32.9. The lowest BCUT2D eigenvalue weighted by molar-refractivity contribution is -0.142. The molecule has 2 amide bonds. The fourth-order valence-corrected chi connectivity index (χ4v) is 5.75. The highest BCUT2D eigenvalue weighted by molar-refractivity contribution is 7.92. The number of hydrogen-bond acceptors (Lipinski definition) is 6. The van der Waals surface area contributed by atoms with Crippen molar-refractivity contribution in [1.29, 1.82) is 0 Å². The molecule has 46 heavy (non-hydrogen) atoms. The van der Waals surface area contributed by atoms with Crippen molar-refractivity contribution in [1.82, 2.24) is 10.2 Å². The Morgan fingerprint density at radius 1 is 0.891 bits per heavy atom. The van der Waals surface area contributed by atoms with E-state index in [0.29, 0.717) is 24.6 Å². The van der Waals surface area contributed by atoms with Crippen molar-refractivity contribution in [3.63, 3.8) is 0 Å². The number of ether oxygens (including phenoxy) is 2. The van der Waals surface area contributed by atoms with Gasteiger partial charge in [0.05, 0.1) is 4.90 Å². The zero-order valence-corrected chi connectivity index (χ0v) is 26.8. The van der Waals surface area contributed by atoms with Gasteiger partial charge in [-0.1, -0.05) is 54.1 Å². The van der Waals surface area contributed by atoms with Gasteiger partial charge >= 0.3 is 0 Å². The van der Waals surface area contributed by atoms with Gasteiger partial charge in [0.1, 0.15) is 17.6 Å². The molecule has 0 bridgehead atoms. The van der Waals surface area contributed by atoms with E-state index in [4.69, 9.17) is 21.1 Å². The van der Waals surface area contributed by atoms with E-state index in [-0.39, 0.29) is 35.2 Å². The van der Waals surface area contributed by atoms with E-state index in [9.17, 15) is 22.4 Å². The Morgan fingerprint density at radius 2 is 1.57 bits per heavy atom. The van der Waals surface area contributed by atoms with Crippen LogP contribution >= 0.6 is 11.6 Å². The van der Waals surface area contributed by atoms with E-state index in [1.807, 2.05) is 30.3 Å². The number of methoxy groups -OCH3 is 1. The molecule has 0 fully saturated rings. The van der Waals surface area contributed by atoms with Crippen LogP contribution in [0.25, 0.3) is 0 Å². The van der Waals surface area contributed by atoms with Crippen LogP contribution < -0.4 is 14.8 Å². The molecule has 0 aromatic heterocycles. The SMILES string of the molecule is COCCCNC(=O)[C@@H](Cc1ccccc1)N(Cc1ccc(Cl)cc1)C(=O)COc1ccc(S(=O)(=O)Nc2ccc(F)cc2)cc1. The lowest BCUT2D eigenvalue weighted by atomic mass is 10.0. The minimum absolute atomic E-state index is 0.0482. The summed E-state index contributed by atoms with van der Waals surface area (Å²) in [5.41, 5.74) is 1.85. The highest BCUT2D eigenvalue weighted by atomic mass is 35.5. The average molecular weight is 668 g/mol. The summed E-state index contributed by atoms with van der Waals surface area (Å²) in [4.78, 5) is 28.8. The Hall–Kier alpha value is -4.45. The molecular formula is C34H35ClFN3O6S. The molecule has 0 spiro atoms. The molecule has 0 unspecified atom stereocenters. The summed E-state index contributed by atoms with van der Waals surface area (Å²) in [6.07, 6.45) is 0.879. The predicted molar refractivity (Wildman–Crippen MR) is 175 cm³/mol. The summed E-state index contributed by atoms with van der Waals surface area (Å²) in [7, 11) is -2.37. The van der Waals surface area contributed by atoms with E-state index in [1.54, 1.807) is 31.4 Å². The fraction of sp³-hybridized carbons (Fsp3) is 0.235. The van der Waals surface area contributed by atoms with Gasteiger partial charge in [0, 0.05) is 43.9 Å². The minimum atomic E-state index is -3.95. The van der Waals surface area contributed by atoms with Crippen LogP contribution in [0.5, 0.6) is 5.75 Å². The second-order valence-corrected chi connectivity index (χ2v) is 12.5. The second kappa shape index (κ2) is 16.7. The summed E-state index contributed by atoms with van der Waals surface area (Å²) in [6.45, 7) is 0.570. The van der Waals surface area contributed by atoms with E-state index in [1.165, 1.54) is 41.3 Å². The lowest BCUT2D eigenvalue weighted by Crippen LogP contribution is -2.51. The van der Waals surface area contributed by atoms with Gasteiger partial charge in [0.2, 0.25) is 5.91 Å². The number of nitrogens with zero attached hydrogens (tertiary/aromatic N) is 1. The smallest absolute Gasteiger partial charge is 0.261 e. The maximum atomic E-state index is 13.8. The van der Waals surface area contributed by atoms with Gasteiger partial charge in [-0.2, -0.15) is 0 Å². The standard InChI is InChI=1S/C34H35ClFN3O6S/c1-44-21-5-20-37-34(41)32(22-25-6-3-2-4-7-25)39(23-26-8-10-27(35)11-9-26)33(40)24-45-30-16-18-31(19-17-30)46(42,43)38-29-14-12-28(36)13-15-29/h2-4,6-19,32,38H,5,20-24H2,1H3,(H,37,41)/t32-/m1/s1. The molecule has 0 aliphatic rings. The van der Waals surface area contributed by atoms with Crippen molar-refractivity contribution in [3.8, 4) is 5.75 Å². The molecule has 242 valence electrons. The molecule has 0 heterocycles. The van der Waals surface area contributed by atoms with Gasteiger partial charge in [-0.3, -0.25) is 14.3 Å². The van der Waals surface area contributed by atoms with Crippen LogP contribution in [0.15, 0.2) is 108 Å². The summed E-state index contributed by atoms with van der Waals surface area (Å²) < 4.78 is 52.0. The van der Waals surface area contributed by atoms with Gasteiger partial charge in [0.25, 0.3) is 15.9 Å². The minimum Gasteiger partial charge on any atom is -0.484 e. The number of benzene rings is 4. The molecule has 0 saturated heterocycles. The summed E-state index contributed by atoms with van der Waals surface area (Å²) in [5.74, 6) is -0.993. The number of nitrogens with one attached hydrogen (secondary N) is 2. The van der Waals surface area contributed by atoms with Crippen molar-refractivity contribution in [2.75, 3.05) is 31.6 Å². The van der Waals surface area contributed by atoms with Crippen molar-refractivity contribution >= 4 is 39.1 Å². The van der Waals surface area contributed by atoms with Gasteiger partial charge in [-0.25, -0.2) is 12.8 Å². The molecule has 4 aromatic rings. The molecule has 0 aliphatic carbocycles. The van der Waals surface area contributed by atoms with Crippen molar-refractivity contribution in [3.05, 3.63) is 125 Å². The third kappa shape index (κ3) is 10.3. The molecule has 9 nitrogen and oxygen atoms in total. The largest absolute Gasteiger partial charge is 0.484 e. The fourth-order valence-electron chi connectivity index (χ4n) is 4.56. The first kappa shape index (κ1) is 34.4. The first-order chi connectivity index (χ1) is 22.1. The van der Waals surface area contributed by atoms with Gasteiger partial charge in [0.15, 0.2) is 6.61 Å². The molecule has 0 saturated carbocycles. The van der Waals surface area contributed by atoms with Crippen LogP contribution in [-0.4, -0.2) is 58.0 Å². The van der Waals surface area contributed by atoms with Gasteiger partial charge in [-0.05, 0) is 78.2 Å². The first-order valence-corrected chi connectivity index (χ1v) is 16.4. The monoisotopic (exact) mass is 667 g/mol. The van der Waals surface area contributed by atoms with Crippen LogP contribution in [0.2, 0.25) is 5.02 Å². The number of halogens is 2. The Morgan fingerprint density at radius 3 is 2.22 bits per heavy atom. The molecule has 12 heteroatoms. The molecule has 1 atom stereocenters. The topological polar surface area (TPSA) is 114 Å². The van der Waals surface area contributed by atoms with Crippen molar-refractivity contribution < 1.29 is 31.9 Å². The maximum absolute atomic E-state index is 13.8. The number of carbonyl (C=O) groups excluding carboxylic acids is 2. The Bertz CT molecular complexity index is 1670. The zero-order valence-electron chi connectivity index (χ0n) is 25.2. The van der Waals surface area contributed by atoms with Gasteiger partial charge < -0.3 is 19.7 Å². The summed E-state index contributed by atoms with van der Waals surface area (Å²) >= 11 is 6.09. The van der Waals surface area contributed by atoms with E-state index in [0.717, 1.165) is 23.3 Å². The van der Waals surface area contributed by atoms with Crippen molar-refractivity contribution in [2.45, 2.75) is 30.3 Å². The third-order valence-corrected chi connectivity index (χ3v) is 8.60. The Labute approximate surface area is 273 Å². The van der Waals surface area contributed by atoms with Crippen LogP contribution in [0, 0.1) is 5.82 Å². The Kier molecular flexibility index (Phi) is 12.5. The highest BCUT2D eigenvalue weighted by Gasteiger charge is 2.30. The van der Waals surface area contributed by atoms with E-state index in [2.05, 4.69) is 10.0 Å². The van der Waals surface area contributed by atoms with Crippen LogP contribution in [0.3, 0.4) is 0 Å². The van der Waals surface area contributed by atoms with E-state index < -0.39 is 34.4 Å². The Balaban J connectivity index is 1.52. The molecule has 4 rings (SSSR count). The normalized spacial score (nSPS) is 11.8. The van der Waals surface area contributed by atoms with Crippen molar-refractivity contribution in [2.24, 2.45) is 0 Å². The van der Waals surface area contributed by atoms with Gasteiger partial charge in [-0.15, -0.1) is 0 Å². The number of rotatable bonds is 16. The van der Waals surface area contributed by atoms with Crippen LogP contribution in [0.1, 0.15) is 17.5 Å². The molecular weight excluding hydrogens is 633 g/mol. The highest BCUT2D eigenvalue weighted by Crippen LogP contribution is 2.21. The number of sulfonamides is 1. The third-order valence-electron chi connectivity index (χ3n) is 6.95. The molecule has 0 radical (unpaired) electrons. The summed E-state index contributed by atoms with van der Waals surface area (Å²) in [5, 5.41) is 3.47. The molecule has 0 aliphatic heterocycles. The maximum Gasteiger partial charge on any atom is 0.261 e. The number of hydrogen-bond donors (Lipinski definition) is 2. The predicted octanol–water partition coefficient (Wildman–Crippen LogP) is 5.45. The molecule has 2 N–H and O–H groups in total. The van der Waals surface area contributed by atoms with Crippen LogP contribution in [-0.2, 0) is 37.3 Å². The number of anilines is 1. The van der Waals surface area contributed by atoms with Crippen LogP contribution in [0.4, 0.5) is 10.1 Å². The summed E-state index contributed by atoms with van der Waals surface area (Å²) in [6, 6.07) is 26.0. The number of amides is 2. The second-order valence-electron chi connectivity index (χ2n) is 10.4. The average Bonchev–Trinajstić information content (AvgIpc) is 3.06. The first-order valence-electron chi connectivity index (χ1n) is 14.5. The van der Waals surface area contributed by atoms with E-state index >= 15 is 0 Å². The lowest BCUT2D eigenvalue weighted by Gasteiger charge is -2.31. The quantitative estimate of drug-likeness (QED) is 0.154. The molecule has 4 aromatic carbocycles. The number of carbonyl (C=O) groups is 2.